The van der Waals surface area contributed by atoms with Crippen molar-refractivity contribution < 1.29 is 4.74 Å². The van der Waals surface area contributed by atoms with E-state index in [-0.39, 0.29) is 0 Å². The van der Waals surface area contributed by atoms with E-state index in [1.807, 2.05) is 18.2 Å². The standard InChI is InChI=1S/C14H15NO/c1-3-11-7-9-12(10-8-11)13-5-4-6-14(15-13)16-2/h4-10H,3H2,1-2H3. The van der Waals surface area contributed by atoms with Crippen LogP contribution >= 0.6 is 0 Å². The lowest BCUT2D eigenvalue weighted by atomic mass is 10.1. The highest BCUT2D eigenvalue weighted by Gasteiger charge is 2.00. The van der Waals surface area contributed by atoms with Crippen molar-refractivity contribution in [3.8, 4) is 17.1 Å². The largest absolute Gasteiger partial charge is 0.481 e. The summed E-state index contributed by atoms with van der Waals surface area (Å²) < 4.78 is 5.11. The van der Waals surface area contributed by atoms with E-state index in [0.29, 0.717) is 5.88 Å². The van der Waals surface area contributed by atoms with Crippen LogP contribution in [0.5, 0.6) is 5.88 Å². The van der Waals surface area contributed by atoms with Crippen molar-refractivity contribution in [2.75, 3.05) is 7.11 Å². The lowest BCUT2D eigenvalue weighted by molar-refractivity contribution is 0.398. The fourth-order valence-corrected chi connectivity index (χ4v) is 1.60. The fraction of sp³-hybridized carbons (Fsp3) is 0.214. The van der Waals surface area contributed by atoms with Crippen molar-refractivity contribution in [2.45, 2.75) is 13.3 Å². The van der Waals surface area contributed by atoms with Crippen LogP contribution in [0.25, 0.3) is 11.3 Å². The molecule has 0 saturated carbocycles. The Bertz CT molecular complexity index is 462. The SMILES string of the molecule is CCc1ccc(-c2cccc(OC)n2)cc1. The van der Waals surface area contributed by atoms with Gasteiger partial charge in [0.25, 0.3) is 0 Å². The average molecular weight is 213 g/mol. The molecule has 0 bridgehead atoms. The molecule has 0 atom stereocenters. The van der Waals surface area contributed by atoms with Crippen LogP contribution in [0.15, 0.2) is 42.5 Å². The fourth-order valence-electron chi connectivity index (χ4n) is 1.60. The van der Waals surface area contributed by atoms with Crippen LogP contribution in [0.3, 0.4) is 0 Å². The van der Waals surface area contributed by atoms with Gasteiger partial charge in [-0.25, -0.2) is 4.98 Å². The van der Waals surface area contributed by atoms with Gasteiger partial charge in [-0.3, -0.25) is 0 Å². The van der Waals surface area contributed by atoms with Crippen molar-refractivity contribution in [3.05, 3.63) is 48.0 Å². The average Bonchev–Trinajstić information content (AvgIpc) is 2.39. The summed E-state index contributed by atoms with van der Waals surface area (Å²) in [5, 5.41) is 0. The molecule has 0 radical (unpaired) electrons. The second-order valence-corrected chi connectivity index (χ2v) is 3.62. The highest BCUT2D eigenvalue weighted by atomic mass is 16.5. The van der Waals surface area contributed by atoms with Crippen LogP contribution in [-0.4, -0.2) is 12.1 Å². The summed E-state index contributed by atoms with van der Waals surface area (Å²) in [5.41, 5.74) is 3.41. The zero-order valence-corrected chi connectivity index (χ0v) is 9.60. The molecule has 1 aromatic carbocycles. The van der Waals surface area contributed by atoms with Gasteiger partial charge in [0.1, 0.15) is 0 Å². The van der Waals surface area contributed by atoms with Gasteiger partial charge in [0, 0.05) is 11.6 Å². The quantitative estimate of drug-likeness (QED) is 0.780. The minimum absolute atomic E-state index is 0.650. The summed E-state index contributed by atoms with van der Waals surface area (Å²) in [4.78, 5) is 4.39. The molecule has 2 aromatic rings. The summed E-state index contributed by atoms with van der Waals surface area (Å²) in [5.74, 6) is 0.650. The first-order valence-electron chi connectivity index (χ1n) is 5.44. The molecule has 2 heteroatoms. The number of aryl methyl sites for hydroxylation is 1. The second kappa shape index (κ2) is 4.79. The predicted octanol–water partition coefficient (Wildman–Crippen LogP) is 3.32. The number of methoxy groups -OCH3 is 1. The van der Waals surface area contributed by atoms with Crippen LogP contribution in [0.2, 0.25) is 0 Å². The molecule has 0 saturated heterocycles. The Labute approximate surface area is 95.9 Å². The Balaban J connectivity index is 2.34. The molecule has 0 fully saturated rings. The molecule has 0 aliphatic rings. The highest BCUT2D eigenvalue weighted by Crippen LogP contribution is 2.20. The Hall–Kier alpha value is -1.83. The molecular weight excluding hydrogens is 198 g/mol. The minimum atomic E-state index is 0.650. The summed E-state index contributed by atoms with van der Waals surface area (Å²) >= 11 is 0. The third-order valence-electron chi connectivity index (χ3n) is 2.59. The maximum Gasteiger partial charge on any atom is 0.213 e. The normalized spacial score (nSPS) is 10.1. The first kappa shape index (κ1) is 10.7. The van der Waals surface area contributed by atoms with Gasteiger partial charge in [0.05, 0.1) is 12.8 Å². The highest BCUT2D eigenvalue weighted by molar-refractivity contribution is 5.59. The molecule has 0 aliphatic carbocycles. The van der Waals surface area contributed by atoms with E-state index in [9.17, 15) is 0 Å². The monoisotopic (exact) mass is 213 g/mol. The third kappa shape index (κ3) is 2.22. The molecule has 16 heavy (non-hydrogen) atoms. The summed E-state index contributed by atoms with van der Waals surface area (Å²) in [7, 11) is 1.63. The maximum atomic E-state index is 5.11. The number of aromatic nitrogens is 1. The number of rotatable bonds is 3. The van der Waals surface area contributed by atoms with Crippen LogP contribution in [0.4, 0.5) is 0 Å². The first-order chi connectivity index (χ1) is 7.83. The van der Waals surface area contributed by atoms with E-state index < -0.39 is 0 Å². The number of nitrogens with zero attached hydrogens (tertiary/aromatic N) is 1. The van der Waals surface area contributed by atoms with Gasteiger partial charge in [0.15, 0.2) is 0 Å². The van der Waals surface area contributed by atoms with Crippen molar-refractivity contribution >= 4 is 0 Å². The third-order valence-corrected chi connectivity index (χ3v) is 2.59. The van der Waals surface area contributed by atoms with Crippen molar-refractivity contribution in [1.29, 1.82) is 0 Å². The van der Waals surface area contributed by atoms with Crippen molar-refractivity contribution in [2.24, 2.45) is 0 Å². The van der Waals surface area contributed by atoms with E-state index in [4.69, 9.17) is 4.74 Å². The van der Waals surface area contributed by atoms with Gasteiger partial charge in [-0.1, -0.05) is 37.3 Å². The first-order valence-corrected chi connectivity index (χ1v) is 5.44. The molecule has 0 spiro atoms. The summed E-state index contributed by atoms with van der Waals surface area (Å²) in [6.07, 6.45) is 1.06. The number of hydrogen-bond donors (Lipinski definition) is 0. The van der Waals surface area contributed by atoms with E-state index >= 15 is 0 Å². The second-order valence-electron chi connectivity index (χ2n) is 3.62. The van der Waals surface area contributed by atoms with Crippen LogP contribution in [0, 0.1) is 0 Å². The number of benzene rings is 1. The lowest BCUT2D eigenvalue weighted by Gasteiger charge is -2.04. The van der Waals surface area contributed by atoms with Crippen LogP contribution < -0.4 is 4.74 Å². The zero-order valence-electron chi connectivity index (χ0n) is 9.60. The Morgan fingerprint density at radius 3 is 2.44 bits per heavy atom. The molecule has 2 nitrogen and oxygen atoms in total. The van der Waals surface area contributed by atoms with Crippen molar-refractivity contribution in [1.82, 2.24) is 4.98 Å². The Kier molecular flexibility index (Phi) is 3.20. The molecule has 2 rings (SSSR count). The van der Waals surface area contributed by atoms with Gasteiger partial charge >= 0.3 is 0 Å². The molecule has 0 N–H and O–H groups in total. The van der Waals surface area contributed by atoms with Crippen LogP contribution in [0.1, 0.15) is 12.5 Å². The number of hydrogen-bond acceptors (Lipinski definition) is 2. The predicted molar refractivity (Wildman–Crippen MR) is 65.6 cm³/mol. The van der Waals surface area contributed by atoms with Gasteiger partial charge in [-0.05, 0) is 18.1 Å². The summed E-state index contributed by atoms with van der Waals surface area (Å²) in [6, 6.07) is 14.3. The number of ether oxygens (including phenoxy) is 1. The Morgan fingerprint density at radius 1 is 1.06 bits per heavy atom. The molecule has 82 valence electrons. The van der Waals surface area contributed by atoms with E-state index in [1.165, 1.54) is 5.56 Å². The number of pyridine rings is 1. The van der Waals surface area contributed by atoms with Gasteiger partial charge in [0.2, 0.25) is 5.88 Å². The molecule has 0 amide bonds. The molecular formula is C14H15NO. The van der Waals surface area contributed by atoms with Gasteiger partial charge in [-0.2, -0.15) is 0 Å². The van der Waals surface area contributed by atoms with Crippen LogP contribution in [-0.2, 0) is 6.42 Å². The van der Waals surface area contributed by atoms with Crippen molar-refractivity contribution in [3.63, 3.8) is 0 Å². The summed E-state index contributed by atoms with van der Waals surface area (Å²) in [6.45, 7) is 2.15. The minimum Gasteiger partial charge on any atom is -0.481 e. The Morgan fingerprint density at radius 2 is 1.81 bits per heavy atom. The maximum absolute atomic E-state index is 5.11. The smallest absolute Gasteiger partial charge is 0.213 e. The van der Waals surface area contributed by atoms with E-state index in [0.717, 1.165) is 17.7 Å². The molecule has 0 unspecified atom stereocenters. The van der Waals surface area contributed by atoms with Gasteiger partial charge in [-0.15, -0.1) is 0 Å². The van der Waals surface area contributed by atoms with E-state index in [2.05, 4.69) is 36.2 Å². The van der Waals surface area contributed by atoms with Gasteiger partial charge < -0.3 is 4.74 Å². The topological polar surface area (TPSA) is 22.1 Å². The lowest BCUT2D eigenvalue weighted by Crippen LogP contribution is -1.89. The van der Waals surface area contributed by atoms with E-state index in [1.54, 1.807) is 7.11 Å². The zero-order chi connectivity index (χ0) is 11.4. The molecule has 1 heterocycles. The molecule has 0 aliphatic heterocycles. The molecule has 1 aromatic heterocycles.